The van der Waals surface area contributed by atoms with Crippen LogP contribution in [-0.4, -0.2) is 23.6 Å². The number of hydrogen-bond donors (Lipinski definition) is 1. The van der Waals surface area contributed by atoms with E-state index >= 15 is 0 Å². The average Bonchev–Trinajstić information content (AvgIpc) is 2.52. The van der Waals surface area contributed by atoms with Crippen LogP contribution in [0.1, 0.15) is 30.9 Å². The van der Waals surface area contributed by atoms with Gasteiger partial charge in [0.2, 0.25) is 5.88 Å². The Hall–Kier alpha value is -1.03. The maximum absolute atomic E-state index is 5.68. The molecular formula is C9H15N3O. The monoisotopic (exact) mass is 181 g/mol. The lowest BCUT2D eigenvalue weighted by Crippen LogP contribution is -2.29. The van der Waals surface area contributed by atoms with Gasteiger partial charge in [-0.05, 0) is 26.4 Å². The summed E-state index contributed by atoms with van der Waals surface area (Å²) in [7, 11) is 2.12. The van der Waals surface area contributed by atoms with E-state index < -0.39 is 0 Å². The minimum atomic E-state index is 0.403. The van der Waals surface area contributed by atoms with Crippen molar-refractivity contribution in [2.75, 3.05) is 19.3 Å². The molecule has 1 aliphatic rings. The number of hydrogen-bond acceptors (Lipinski definition) is 4. The fraction of sp³-hybridized carbons (Fsp3) is 0.667. The van der Waals surface area contributed by atoms with Gasteiger partial charge in [-0.25, -0.2) is 0 Å². The predicted octanol–water partition coefficient (Wildman–Crippen LogP) is 1.41. The zero-order valence-corrected chi connectivity index (χ0v) is 7.86. The molecule has 4 nitrogen and oxygen atoms in total. The fourth-order valence-electron chi connectivity index (χ4n) is 1.97. The molecule has 0 spiro atoms. The Balaban J connectivity index is 2.19. The van der Waals surface area contributed by atoms with Crippen LogP contribution in [-0.2, 0) is 0 Å². The van der Waals surface area contributed by atoms with Crippen molar-refractivity contribution in [2.45, 2.75) is 25.3 Å². The van der Waals surface area contributed by atoms with E-state index in [2.05, 4.69) is 17.1 Å². The van der Waals surface area contributed by atoms with Crippen molar-refractivity contribution in [1.29, 1.82) is 0 Å². The smallest absolute Gasteiger partial charge is 0.226 e. The maximum Gasteiger partial charge on any atom is 0.226 e. The molecule has 13 heavy (non-hydrogen) atoms. The molecule has 0 amide bonds. The van der Waals surface area contributed by atoms with Gasteiger partial charge in [-0.3, -0.25) is 4.90 Å². The SMILES string of the molecule is CN1CCCCC1c1cnoc1N. The van der Waals surface area contributed by atoms with Gasteiger partial charge in [-0.15, -0.1) is 0 Å². The molecule has 2 N–H and O–H groups in total. The van der Waals surface area contributed by atoms with Crippen LogP contribution in [0, 0.1) is 0 Å². The van der Waals surface area contributed by atoms with E-state index in [-0.39, 0.29) is 0 Å². The van der Waals surface area contributed by atoms with Crippen LogP contribution in [0.3, 0.4) is 0 Å². The van der Waals surface area contributed by atoms with Gasteiger partial charge in [0.05, 0.1) is 11.8 Å². The van der Waals surface area contributed by atoms with Crippen LogP contribution in [0.25, 0.3) is 0 Å². The molecule has 0 bridgehead atoms. The largest absolute Gasteiger partial charge is 0.367 e. The number of likely N-dealkylation sites (tertiary alicyclic amines) is 1. The number of rotatable bonds is 1. The molecule has 1 aromatic rings. The molecule has 0 radical (unpaired) electrons. The highest BCUT2D eigenvalue weighted by atomic mass is 16.5. The molecule has 1 aliphatic heterocycles. The molecular weight excluding hydrogens is 166 g/mol. The van der Waals surface area contributed by atoms with E-state index in [0.29, 0.717) is 11.9 Å². The lowest BCUT2D eigenvalue weighted by molar-refractivity contribution is 0.187. The lowest BCUT2D eigenvalue weighted by Gasteiger charge is -2.31. The van der Waals surface area contributed by atoms with Gasteiger partial charge in [-0.2, -0.15) is 0 Å². The molecule has 1 saturated heterocycles. The molecule has 1 atom stereocenters. The first-order chi connectivity index (χ1) is 6.29. The average molecular weight is 181 g/mol. The first kappa shape index (κ1) is 8.56. The molecule has 0 aliphatic carbocycles. The number of anilines is 1. The van der Waals surface area contributed by atoms with Crippen LogP contribution < -0.4 is 5.73 Å². The number of nitrogen functional groups attached to an aromatic ring is 1. The van der Waals surface area contributed by atoms with Crippen LogP contribution in [0.15, 0.2) is 10.7 Å². The van der Waals surface area contributed by atoms with Crippen molar-refractivity contribution < 1.29 is 4.52 Å². The van der Waals surface area contributed by atoms with Crippen LogP contribution in [0.5, 0.6) is 0 Å². The second-order valence-electron chi connectivity index (χ2n) is 3.64. The summed E-state index contributed by atoms with van der Waals surface area (Å²) in [5.74, 6) is 0.471. The van der Waals surface area contributed by atoms with Crippen molar-refractivity contribution >= 4 is 5.88 Å². The Bertz CT molecular complexity index is 284. The summed E-state index contributed by atoms with van der Waals surface area (Å²) in [4.78, 5) is 2.31. The second kappa shape index (κ2) is 3.38. The third kappa shape index (κ3) is 1.54. The van der Waals surface area contributed by atoms with Crippen LogP contribution in [0.2, 0.25) is 0 Å². The summed E-state index contributed by atoms with van der Waals surface area (Å²) in [6.45, 7) is 1.13. The van der Waals surface area contributed by atoms with E-state index in [9.17, 15) is 0 Å². The Morgan fingerprint density at radius 3 is 3.08 bits per heavy atom. The number of nitrogens with zero attached hydrogens (tertiary/aromatic N) is 2. The van der Waals surface area contributed by atoms with Gasteiger partial charge in [-0.1, -0.05) is 11.6 Å². The highest BCUT2D eigenvalue weighted by Crippen LogP contribution is 2.32. The van der Waals surface area contributed by atoms with E-state index in [4.69, 9.17) is 10.3 Å². The van der Waals surface area contributed by atoms with E-state index in [1.807, 2.05) is 0 Å². The highest BCUT2D eigenvalue weighted by Gasteiger charge is 2.24. The summed E-state index contributed by atoms with van der Waals surface area (Å²) in [6.07, 6.45) is 5.43. The first-order valence-corrected chi connectivity index (χ1v) is 4.69. The Labute approximate surface area is 77.7 Å². The molecule has 4 heteroatoms. The molecule has 2 rings (SSSR count). The van der Waals surface area contributed by atoms with Crippen molar-refractivity contribution in [2.24, 2.45) is 0 Å². The zero-order chi connectivity index (χ0) is 9.26. The summed E-state index contributed by atoms with van der Waals surface area (Å²) in [5.41, 5.74) is 6.72. The standard InChI is InChI=1S/C9H15N3O/c1-12-5-3-2-4-8(12)7-6-11-13-9(7)10/h6,8H,2-5,10H2,1H3. The minimum absolute atomic E-state index is 0.403. The summed E-state index contributed by atoms with van der Waals surface area (Å²) < 4.78 is 4.87. The van der Waals surface area contributed by atoms with Crippen LogP contribution >= 0.6 is 0 Å². The Kier molecular flexibility index (Phi) is 2.22. The number of piperidine rings is 1. The number of aromatic nitrogens is 1. The molecule has 0 saturated carbocycles. The summed E-state index contributed by atoms with van der Waals surface area (Å²) >= 11 is 0. The quantitative estimate of drug-likeness (QED) is 0.711. The van der Waals surface area contributed by atoms with E-state index in [0.717, 1.165) is 18.5 Å². The van der Waals surface area contributed by atoms with E-state index in [1.165, 1.54) is 12.8 Å². The molecule has 0 aromatic carbocycles. The second-order valence-corrected chi connectivity index (χ2v) is 3.64. The van der Waals surface area contributed by atoms with Crippen LogP contribution in [0.4, 0.5) is 5.88 Å². The lowest BCUT2D eigenvalue weighted by atomic mass is 9.98. The Morgan fingerprint density at radius 2 is 2.46 bits per heavy atom. The van der Waals surface area contributed by atoms with Crippen molar-refractivity contribution in [3.8, 4) is 0 Å². The molecule has 2 heterocycles. The molecule has 1 fully saturated rings. The highest BCUT2D eigenvalue weighted by molar-refractivity contribution is 5.36. The van der Waals surface area contributed by atoms with Gasteiger partial charge >= 0.3 is 0 Å². The molecule has 1 unspecified atom stereocenters. The fourth-order valence-corrected chi connectivity index (χ4v) is 1.97. The van der Waals surface area contributed by atoms with Gasteiger partial charge in [0.1, 0.15) is 0 Å². The normalized spacial score (nSPS) is 24.8. The van der Waals surface area contributed by atoms with Crippen molar-refractivity contribution in [1.82, 2.24) is 10.1 Å². The topological polar surface area (TPSA) is 55.3 Å². The van der Waals surface area contributed by atoms with E-state index in [1.54, 1.807) is 6.20 Å². The minimum Gasteiger partial charge on any atom is -0.367 e. The molecule has 72 valence electrons. The van der Waals surface area contributed by atoms with Crippen molar-refractivity contribution in [3.05, 3.63) is 11.8 Å². The summed E-state index contributed by atoms with van der Waals surface area (Å²) in [5, 5.41) is 3.70. The predicted molar refractivity (Wildman–Crippen MR) is 50.1 cm³/mol. The Morgan fingerprint density at radius 1 is 1.62 bits per heavy atom. The number of nitrogens with two attached hydrogens (primary N) is 1. The zero-order valence-electron chi connectivity index (χ0n) is 7.86. The third-order valence-electron chi connectivity index (χ3n) is 2.76. The van der Waals surface area contributed by atoms with Gasteiger partial charge in [0.25, 0.3) is 0 Å². The molecule has 1 aromatic heterocycles. The third-order valence-corrected chi connectivity index (χ3v) is 2.76. The van der Waals surface area contributed by atoms with Gasteiger partial charge in [0.15, 0.2) is 0 Å². The van der Waals surface area contributed by atoms with Gasteiger partial charge < -0.3 is 10.3 Å². The van der Waals surface area contributed by atoms with Gasteiger partial charge in [0, 0.05) is 6.04 Å². The summed E-state index contributed by atoms with van der Waals surface area (Å²) in [6, 6.07) is 0.403. The maximum atomic E-state index is 5.68. The van der Waals surface area contributed by atoms with Crippen molar-refractivity contribution in [3.63, 3.8) is 0 Å². The first-order valence-electron chi connectivity index (χ1n) is 4.69.